The lowest BCUT2D eigenvalue weighted by atomic mass is 10.1. The second-order valence-electron chi connectivity index (χ2n) is 3.30. The fourth-order valence-corrected chi connectivity index (χ4v) is 2.21. The molecule has 0 amide bonds. The van der Waals surface area contributed by atoms with Crippen LogP contribution in [0.2, 0.25) is 0 Å². The van der Waals surface area contributed by atoms with Crippen LogP contribution in [0.25, 0.3) is 0 Å². The summed E-state index contributed by atoms with van der Waals surface area (Å²) in [6.45, 7) is 1.92. The average molecular weight is 223 g/mol. The molecule has 14 heavy (non-hydrogen) atoms. The number of thiophene rings is 1. The van der Waals surface area contributed by atoms with Crippen molar-refractivity contribution in [3.8, 4) is 0 Å². The van der Waals surface area contributed by atoms with Crippen LogP contribution in [0.3, 0.4) is 0 Å². The van der Waals surface area contributed by atoms with Gasteiger partial charge < -0.3 is 5.73 Å². The van der Waals surface area contributed by atoms with Gasteiger partial charge in [-0.25, -0.2) is 0 Å². The van der Waals surface area contributed by atoms with Gasteiger partial charge in [-0.1, -0.05) is 0 Å². The molecule has 80 valence electrons. The number of nitrogens with two attached hydrogens (primary N) is 1. The molecule has 1 rings (SSSR count). The second kappa shape index (κ2) is 4.31. The van der Waals surface area contributed by atoms with Crippen LogP contribution >= 0.6 is 11.3 Å². The molecule has 1 atom stereocenters. The molecule has 0 fully saturated rings. The van der Waals surface area contributed by atoms with Crippen LogP contribution in [0.15, 0.2) is 12.1 Å². The van der Waals surface area contributed by atoms with Crippen molar-refractivity contribution in [1.29, 1.82) is 0 Å². The Morgan fingerprint density at radius 3 is 2.50 bits per heavy atom. The van der Waals surface area contributed by atoms with E-state index in [1.54, 1.807) is 0 Å². The number of halogens is 3. The first-order chi connectivity index (χ1) is 6.37. The van der Waals surface area contributed by atoms with Gasteiger partial charge in [0.2, 0.25) is 0 Å². The van der Waals surface area contributed by atoms with E-state index in [0.29, 0.717) is 6.42 Å². The van der Waals surface area contributed by atoms with Crippen molar-refractivity contribution < 1.29 is 13.2 Å². The Morgan fingerprint density at radius 2 is 2.07 bits per heavy atom. The molecular formula is C9H12F3NS. The highest BCUT2D eigenvalue weighted by atomic mass is 32.1. The maximum atomic E-state index is 11.9. The minimum absolute atomic E-state index is 0.304. The SMILES string of the molecule is Cc1ccc(CC(N)CC(F)(F)F)s1. The predicted octanol–water partition coefficient (Wildman–Crippen LogP) is 2.88. The first-order valence-corrected chi connectivity index (χ1v) is 5.06. The number of aryl methyl sites for hydroxylation is 1. The topological polar surface area (TPSA) is 26.0 Å². The van der Waals surface area contributed by atoms with Crippen LogP contribution in [0, 0.1) is 6.92 Å². The minimum atomic E-state index is -4.16. The Balaban J connectivity index is 2.45. The molecule has 0 saturated carbocycles. The smallest absolute Gasteiger partial charge is 0.327 e. The summed E-state index contributed by atoms with van der Waals surface area (Å²) in [5.74, 6) is 0. The van der Waals surface area contributed by atoms with Crippen molar-refractivity contribution >= 4 is 11.3 Å². The fourth-order valence-electron chi connectivity index (χ4n) is 1.22. The molecule has 5 heteroatoms. The van der Waals surface area contributed by atoms with Crippen LogP contribution < -0.4 is 5.73 Å². The van der Waals surface area contributed by atoms with Gasteiger partial charge in [0.15, 0.2) is 0 Å². The van der Waals surface area contributed by atoms with Crippen LogP contribution in [0.1, 0.15) is 16.2 Å². The zero-order valence-electron chi connectivity index (χ0n) is 7.77. The fraction of sp³-hybridized carbons (Fsp3) is 0.556. The molecule has 1 aromatic rings. The normalized spacial score (nSPS) is 14.4. The van der Waals surface area contributed by atoms with Crippen LogP contribution in [0.5, 0.6) is 0 Å². The summed E-state index contributed by atoms with van der Waals surface area (Å²) in [5.41, 5.74) is 5.39. The summed E-state index contributed by atoms with van der Waals surface area (Å²) in [5, 5.41) is 0. The van der Waals surface area contributed by atoms with E-state index in [0.717, 1.165) is 9.75 Å². The van der Waals surface area contributed by atoms with Gasteiger partial charge in [0.25, 0.3) is 0 Å². The molecule has 0 aliphatic rings. The van der Waals surface area contributed by atoms with Crippen molar-refractivity contribution in [3.05, 3.63) is 21.9 Å². The molecule has 1 unspecified atom stereocenters. The third kappa shape index (κ3) is 4.11. The van der Waals surface area contributed by atoms with Gasteiger partial charge in [-0.05, 0) is 25.5 Å². The molecule has 1 nitrogen and oxygen atoms in total. The van der Waals surface area contributed by atoms with Gasteiger partial charge in [0, 0.05) is 15.8 Å². The Kier molecular flexibility index (Phi) is 3.55. The molecule has 0 spiro atoms. The molecule has 1 aromatic heterocycles. The van der Waals surface area contributed by atoms with Crippen molar-refractivity contribution in [3.63, 3.8) is 0 Å². The standard InChI is InChI=1S/C9H12F3NS/c1-6-2-3-8(14-6)4-7(13)5-9(10,11)12/h2-3,7H,4-5,13H2,1H3. The predicted molar refractivity (Wildman–Crippen MR) is 51.4 cm³/mol. The highest BCUT2D eigenvalue weighted by molar-refractivity contribution is 7.11. The van der Waals surface area contributed by atoms with Gasteiger partial charge >= 0.3 is 6.18 Å². The molecule has 1 heterocycles. The van der Waals surface area contributed by atoms with E-state index in [1.165, 1.54) is 11.3 Å². The van der Waals surface area contributed by atoms with Crippen molar-refractivity contribution in [2.75, 3.05) is 0 Å². The van der Waals surface area contributed by atoms with Gasteiger partial charge in [-0.3, -0.25) is 0 Å². The van der Waals surface area contributed by atoms with Gasteiger partial charge in [0.1, 0.15) is 0 Å². The lowest BCUT2D eigenvalue weighted by molar-refractivity contribution is -0.138. The first kappa shape index (κ1) is 11.5. The van der Waals surface area contributed by atoms with Crippen LogP contribution in [-0.4, -0.2) is 12.2 Å². The van der Waals surface area contributed by atoms with E-state index in [9.17, 15) is 13.2 Å². The molecule has 0 aliphatic carbocycles. The van der Waals surface area contributed by atoms with Gasteiger partial charge in [-0.2, -0.15) is 13.2 Å². The maximum absolute atomic E-state index is 11.9. The highest BCUT2D eigenvalue weighted by Crippen LogP contribution is 2.24. The van der Waals surface area contributed by atoms with Crippen molar-refractivity contribution in [2.24, 2.45) is 5.73 Å². The molecule has 0 bridgehead atoms. The Morgan fingerprint density at radius 1 is 1.43 bits per heavy atom. The Hall–Kier alpha value is -0.550. The Bertz CT molecular complexity index is 292. The summed E-state index contributed by atoms with van der Waals surface area (Å²) in [6, 6.07) is 2.89. The lowest BCUT2D eigenvalue weighted by Crippen LogP contribution is -2.29. The number of hydrogen-bond donors (Lipinski definition) is 1. The van der Waals surface area contributed by atoms with Crippen LogP contribution in [-0.2, 0) is 6.42 Å². The van der Waals surface area contributed by atoms with Crippen molar-refractivity contribution in [2.45, 2.75) is 32.0 Å². The Labute approximate surface area is 84.7 Å². The molecule has 2 N–H and O–H groups in total. The third-order valence-electron chi connectivity index (χ3n) is 1.75. The van der Waals surface area contributed by atoms with E-state index >= 15 is 0 Å². The largest absolute Gasteiger partial charge is 0.390 e. The molecule has 0 aromatic carbocycles. The van der Waals surface area contributed by atoms with E-state index in [2.05, 4.69) is 0 Å². The quantitative estimate of drug-likeness (QED) is 0.837. The maximum Gasteiger partial charge on any atom is 0.390 e. The van der Waals surface area contributed by atoms with E-state index in [-0.39, 0.29) is 0 Å². The average Bonchev–Trinajstić information content (AvgIpc) is 2.30. The summed E-state index contributed by atoms with van der Waals surface area (Å²) in [6.07, 6.45) is -4.77. The number of rotatable bonds is 3. The van der Waals surface area contributed by atoms with Gasteiger partial charge in [0.05, 0.1) is 6.42 Å². The molecule has 0 saturated heterocycles. The molecule has 0 aliphatic heterocycles. The zero-order chi connectivity index (χ0) is 10.8. The summed E-state index contributed by atoms with van der Waals surface area (Å²) in [7, 11) is 0. The summed E-state index contributed by atoms with van der Waals surface area (Å²) in [4.78, 5) is 2.01. The monoisotopic (exact) mass is 223 g/mol. The lowest BCUT2D eigenvalue weighted by Gasteiger charge is -2.12. The second-order valence-corrected chi connectivity index (χ2v) is 4.67. The first-order valence-electron chi connectivity index (χ1n) is 4.24. The van der Waals surface area contributed by atoms with Crippen LogP contribution in [0.4, 0.5) is 13.2 Å². The van der Waals surface area contributed by atoms with E-state index in [1.807, 2.05) is 19.1 Å². The number of hydrogen-bond acceptors (Lipinski definition) is 2. The summed E-state index contributed by atoms with van der Waals surface area (Å²) < 4.78 is 35.8. The van der Waals surface area contributed by atoms with E-state index in [4.69, 9.17) is 5.73 Å². The minimum Gasteiger partial charge on any atom is -0.327 e. The van der Waals surface area contributed by atoms with Crippen molar-refractivity contribution in [1.82, 2.24) is 0 Å². The third-order valence-corrected chi connectivity index (χ3v) is 2.78. The molecule has 0 radical (unpaired) electrons. The van der Waals surface area contributed by atoms with E-state index < -0.39 is 18.6 Å². The zero-order valence-corrected chi connectivity index (χ0v) is 8.58. The summed E-state index contributed by atoms with van der Waals surface area (Å²) >= 11 is 1.49. The molecular weight excluding hydrogens is 211 g/mol. The van der Waals surface area contributed by atoms with Gasteiger partial charge in [-0.15, -0.1) is 11.3 Å². The highest BCUT2D eigenvalue weighted by Gasteiger charge is 2.30. The number of alkyl halides is 3.